The smallest absolute Gasteiger partial charge is 0.275 e. The maximum atomic E-state index is 12.1. The first-order valence-corrected chi connectivity index (χ1v) is 7.34. The zero-order valence-electron chi connectivity index (χ0n) is 12.7. The van der Waals surface area contributed by atoms with Gasteiger partial charge in [0.25, 0.3) is 5.91 Å². The van der Waals surface area contributed by atoms with Crippen molar-refractivity contribution < 1.29 is 9.90 Å². The Morgan fingerprint density at radius 1 is 1.32 bits per heavy atom. The Labute approximate surface area is 130 Å². The van der Waals surface area contributed by atoms with E-state index in [1.54, 1.807) is 18.3 Å². The summed E-state index contributed by atoms with van der Waals surface area (Å²) in [6.45, 7) is 5.98. The second-order valence-corrected chi connectivity index (χ2v) is 5.18. The third-order valence-corrected chi connectivity index (χ3v) is 3.37. The Morgan fingerprint density at radius 3 is 2.68 bits per heavy atom. The van der Waals surface area contributed by atoms with Crippen molar-refractivity contribution in [3.05, 3.63) is 54.1 Å². The molecule has 0 atom stereocenters. The third-order valence-electron chi connectivity index (χ3n) is 3.37. The summed E-state index contributed by atoms with van der Waals surface area (Å²) in [5, 5.41) is 15.6. The number of hydrogen-bond acceptors (Lipinski definition) is 3. The summed E-state index contributed by atoms with van der Waals surface area (Å²) in [6, 6.07) is 10.8. The van der Waals surface area contributed by atoms with Gasteiger partial charge in [-0.1, -0.05) is 44.2 Å². The molecule has 0 saturated carbocycles. The number of carbonyl (C=O) groups is 1. The van der Waals surface area contributed by atoms with Crippen LogP contribution in [0, 0.1) is 0 Å². The van der Waals surface area contributed by atoms with E-state index in [0.29, 0.717) is 0 Å². The second-order valence-electron chi connectivity index (χ2n) is 5.18. The molecule has 0 spiro atoms. The molecule has 0 aliphatic carbocycles. The molecule has 2 rings (SSSR count). The minimum atomic E-state index is -0.442. The fraction of sp³-hybridized carbons (Fsp3) is 0.222. The maximum Gasteiger partial charge on any atom is 0.275 e. The zero-order chi connectivity index (χ0) is 15.9. The van der Waals surface area contributed by atoms with Crippen LogP contribution >= 0.6 is 0 Å². The monoisotopic (exact) mass is 296 g/mol. The molecule has 114 valence electrons. The molecule has 2 aromatic rings. The largest absolute Gasteiger partial charge is 0.507 e. The normalized spacial score (nSPS) is 11.0. The number of phenols is 1. The quantitative estimate of drug-likeness (QED) is 0.625. The van der Waals surface area contributed by atoms with Gasteiger partial charge in [0.15, 0.2) is 0 Å². The topological polar surface area (TPSA) is 61.7 Å². The number of hydrogen-bond donors (Lipinski definition) is 2. The summed E-state index contributed by atoms with van der Waals surface area (Å²) in [6.07, 6.45) is 4.54. The number of nitrogens with zero attached hydrogens (tertiary/aromatic N) is 1. The number of fused-ring (bicyclic) bond motifs is 1. The fourth-order valence-electron chi connectivity index (χ4n) is 2.12. The molecule has 4 heteroatoms. The number of allylic oxidation sites excluding steroid dienone is 1. The van der Waals surface area contributed by atoms with Crippen LogP contribution in [0.3, 0.4) is 0 Å². The van der Waals surface area contributed by atoms with Gasteiger partial charge in [0, 0.05) is 6.21 Å². The summed E-state index contributed by atoms with van der Waals surface area (Å²) >= 11 is 0. The molecular weight excluding hydrogens is 276 g/mol. The van der Waals surface area contributed by atoms with E-state index in [1.165, 1.54) is 0 Å². The number of unbranched alkanes of at least 4 members (excludes halogenated alkanes) is 1. The second kappa shape index (κ2) is 7.41. The Balaban J connectivity index is 2.08. The van der Waals surface area contributed by atoms with Crippen molar-refractivity contribution in [3.8, 4) is 5.75 Å². The Morgan fingerprint density at radius 2 is 2.00 bits per heavy atom. The highest BCUT2D eigenvalue weighted by Gasteiger charge is 2.11. The van der Waals surface area contributed by atoms with Crippen molar-refractivity contribution >= 4 is 22.9 Å². The van der Waals surface area contributed by atoms with E-state index in [0.717, 1.165) is 35.6 Å². The van der Waals surface area contributed by atoms with Crippen molar-refractivity contribution in [3.63, 3.8) is 0 Å². The Hall–Kier alpha value is -2.62. The number of amides is 1. The third kappa shape index (κ3) is 3.95. The van der Waals surface area contributed by atoms with E-state index in [-0.39, 0.29) is 11.3 Å². The number of hydrazone groups is 1. The lowest BCUT2D eigenvalue weighted by Crippen LogP contribution is -2.17. The summed E-state index contributed by atoms with van der Waals surface area (Å²) in [7, 11) is 0. The van der Waals surface area contributed by atoms with Gasteiger partial charge in [-0.3, -0.25) is 4.79 Å². The van der Waals surface area contributed by atoms with Crippen LogP contribution in [-0.2, 0) is 0 Å². The molecule has 2 N–H and O–H groups in total. The van der Waals surface area contributed by atoms with Gasteiger partial charge in [0.05, 0.1) is 5.56 Å². The standard InChI is InChI=1S/C18H20N2O2/c1-3-4-7-13(2)12-19-20-18(22)16-10-14-8-5-6-9-15(14)11-17(16)21/h5-6,8-12,21H,2-4,7H2,1H3,(H,20,22). The molecule has 22 heavy (non-hydrogen) atoms. The number of phenolic OH excluding ortho intramolecular Hbond substituents is 1. The average Bonchev–Trinajstić information content (AvgIpc) is 2.52. The SMILES string of the molecule is C=C(C=NNC(=O)c1cc2ccccc2cc1O)CCCC. The van der Waals surface area contributed by atoms with Crippen LogP contribution in [0.1, 0.15) is 36.5 Å². The molecular formula is C18H20N2O2. The molecule has 1 amide bonds. The Kier molecular flexibility index (Phi) is 5.31. The molecule has 0 heterocycles. The van der Waals surface area contributed by atoms with Gasteiger partial charge < -0.3 is 5.11 Å². The van der Waals surface area contributed by atoms with Crippen LogP contribution in [-0.4, -0.2) is 17.2 Å². The first kappa shape index (κ1) is 15.8. The minimum absolute atomic E-state index is 0.0591. The van der Waals surface area contributed by atoms with Crippen LogP contribution < -0.4 is 5.43 Å². The van der Waals surface area contributed by atoms with Gasteiger partial charge in [-0.25, -0.2) is 5.43 Å². The molecule has 0 aromatic heterocycles. The average molecular weight is 296 g/mol. The van der Waals surface area contributed by atoms with Crippen LogP contribution in [0.15, 0.2) is 53.7 Å². The summed E-state index contributed by atoms with van der Waals surface area (Å²) in [5.41, 5.74) is 3.49. The highest BCUT2D eigenvalue weighted by Crippen LogP contribution is 2.24. The summed E-state index contributed by atoms with van der Waals surface area (Å²) in [4.78, 5) is 12.1. The van der Waals surface area contributed by atoms with E-state index in [1.807, 2.05) is 24.3 Å². The molecule has 0 saturated heterocycles. The number of nitrogens with one attached hydrogen (secondary N) is 1. The van der Waals surface area contributed by atoms with Crippen LogP contribution in [0.2, 0.25) is 0 Å². The molecule has 4 nitrogen and oxygen atoms in total. The van der Waals surface area contributed by atoms with Gasteiger partial charge in [-0.15, -0.1) is 0 Å². The van der Waals surface area contributed by atoms with Gasteiger partial charge in [-0.05, 0) is 41.3 Å². The van der Waals surface area contributed by atoms with Crippen molar-refractivity contribution in [1.29, 1.82) is 0 Å². The van der Waals surface area contributed by atoms with Crippen molar-refractivity contribution in [2.45, 2.75) is 26.2 Å². The van der Waals surface area contributed by atoms with Gasteiger partial charge >= 0.3 is 0 Å². The molecule has 0 radical (unpaired) electrons. The van der Waals surface area contributed by atoms with E-state index >= 15 is 0 Å². The van der Waals surface area contributed by atoms with Crippen LogP contribution in [0.5, 0.6) is 5.75 Å². The molecule has 0 unspecified atom stereocenters. The summed E-state index contributed by atoms with van der Waals surface area (Å²) < 4.78 is 0. The predicted octanol–water partition coefficient (Wildman–Crippen LogP) is 4.01. The highest BCUT2D eigenvalue weighted by molar-refractivity contribution is 6.01. The minimum Gasteiger partial charge on any atom is -0.507 e. The van der Waals surface area contributed by atoms with Gasteiger partial charge in [0.1, 0.15) is 5.75 Å². The van der Waals surface area contributed by atoms with Gasteiger partial charge in [0.2, 0.25) is 0 Å². The van der Waals surface area contributed by atoms with Crippen molar-refractivity contribution in [2.75, 3.05) is 0 Å². The lowest BCUT2D eigenvalue weighted by molar-refractivity contribution is 0.0952. The Bertz CT molecular complexity index is 720. The van der Waals surface area contributed by atoms with Crippen LogP contribution in [0.25, 0.3) is 10.8 Å². The van der Waals surface area contributed by atoms with Gasteiger partial charge in [-0.2, -0.15) is 5.10 Å². The van der Waals surface area contributed by atoms with E-state index in [4.69, 9.17) is 0 Å². The zero-order valence-corrected chi connectivity index (χ0v) is 12.7. The number of rotatable bonds is 6. The van der Waals surface area contributed by atoms with E-state index < -0.39 is 5.91 Å². The first-order chi connectivity index (χ1) is 10.6. The number of aromatic hydroxyl groups is 1. The lowest BCUT2D eigenvalue weighted by Gasteiger charge is -2.05. The van der Waals surface area contributed by atoms with E-state index in [2.05, 4.69) is 24.0 Å². The predicted molar refractivity (Wildman–Crippen MR) is 90.2 cm³/mol. The maximum absolute atomic E-state index is 12.1. The first-order valence-electron chi connectivity index (χ1n) is 7.34. The molecule has 0 aliphatic heterocycles. The molecule has 0 aliphatic rings. The highest BCUT2D eigenvalue weighted by atomic mass is 16.3. The number of benzene rings is 2. The van der Waals surface area contributed by atoms with Crippen LogP contribution in [0.4, 0.5) is 0 Å². The van der Waals surface area contributed by atoms with E-state index in [9.17, 15) is 9.90 Å². The van der Waals surface area contributed by atoms with Crippen molar-refractivity contribution in [2.24, 2.45) is 5.10 Å². The molecule has 0 fully saturated rings. The number of carbonyl (C=O) groups excluding carboxylic acids is 1. The molecule has 2 aromatic carbocycles. The lowest BCUT2D eigenvalue weighted by atomic mass is 10.1. The summed E-state index contributed by atoms with van der Waals surface area (Å²) in [5.74, 6) is -0.501. The fourth-order valence-corrected chi connectivity index (χ4v) is 2.12. The molecule has 0 bridgehead atoms. The van der Waals surface area contributed by atoms with Crippen molar-refractivity contribution in [1.82, 2.24) is 5.43 Å².